The Bertz CT molecular complexity index is 708. The van der Waals surface area contributed by atoms with Crippen LogP contribution in [0, 0.1) is 6.92 Å². The fourth-order valence-corrected chi connectivity index (χ4v) is 3.02. The van der Waals surface area contributed by atoms with Crippen LogP contribution < -0.4 is 10.9 Å². The van der Waals surface area contributed by atoms with Crippen LogP contribution in [0.4, 0.5) is 0 Å². The van der Waals surface area contributed by atoms with Crippen molar-refractivity contribution in [1.82, 2.24) is 10.9 Å². The quantitative estimate of drug-likeness (QED) is 0.777. The number of aryl methyl sites for hydroxylation is 1. The first-order chi connectivity index (χ1) is 10.1. The fourth-order valence-electron chi connectivity index (χ4n) is 2.39. The van der Waals surface area contributed by atoms with Crippen molar-refractivity contribution >= 4 is 28.9 Å². The summed E-state index contributed by atoms with van der Waals surface area (Å²) >= 11 is 12.5. The standard InChI is InChI=1S/C16H14Cl2N2O/c1-9-5-6-15(21)10(7-9)13-8-14(20-19-13)16-11(17)3-2-4-12(16)18/h2-8,14,19-21H,1H3. The van der Waals surface area contributed by atoms with E-state index in [2.05, 4.69) is 10.9 Å². The molecule has 0 amide bonds. The summed E-state index contributed by atoms with van der Waals surface area (Å²) in [7, 11) is 0. The highest BCUT2D eigenvalue weighted by Crippen LogP contribution is 2.35. The Kier molecular flexibility index (Phi) is 3.81. The first-order valence-electron chi connectivity index (χ1n) is 6.53. The number of rotatable bonds is 2. The number of nitrogens with one attached hydrogen (secondary N) is 2. The normalized spacial score (nSPS) is 17.5. The van der Waals surface area contributed by atoms with Crippen LogP contribution in [0.5, 0.6) is 5.75 Å². The molecular formula is C16H14Cl2N2O. The minimum absolute atomic E-state index is 0.152. The summed E-state index contributed by atoms with van der Waals surface area (Å²) in [5, 5.41) is 11.2. The van der Waals surface area contributed by atoms with Crippen molar-refractivity contribution in [3.8, 4) is 5.75 Å². The molecule has 0 aromatic heterocycles. The number of halogens is 2. The molecule has 1 aliphatic heterocycles. The van der Waals surface area contributed by atoms with Gasteiger partial charge in [-0.15, -0.1) is 0 Å². The summed E-state index contributed by atoms with van der Waals surface area (Å²) in [6.45, 7) is 1.98. The van der Waals surface area contributed by atoms with Crippen LogP contribution in [0.15, 0.2) is 42.5 Å². The molecule has 3 rings (SSSR count). The van der Waals surface area contributed by atoms with Gasteiger partial charge >= 0.3 is 0 Å². The Morgan fingerprint density at radius 2 is 1.81 bits per heavy atom. The summed E-state index contributed by atoms with van der Waals surface area (Å²) in [6, 6.07) is 10.7. The highest BCUT2D eigenvalue weighted by molar-refractivity contribution is 6.36. The van der Waals surface area contributed by atoms with Crippen molar-refractivity contribution in [3.05, 3.63) is 69.2 Å². The number of hydrazine groups is 1. The molecule has 0 fully saturated rings. The van der Waals surface area contributed by atoms with E-state index in [9.17, 15) is 5.11 Å². The Labute approximate surface area is 133 Å². The number of hydrogen-bond acceptors (Lipinski definition) is 3. The fraction of sp³-hybridized carbons (Fsp3) is 0.125. The van der Waals surface area contributed by atoms with E-state index in [4.69, 9.17) is 23.2 Å². The molecule has 3 N–H and O–H groups in total. The summed E-state index contributed by atoms with van der Waals surface area (Å²) in [4.78, 5) is 0. The predicted molar refractivity (Wildman–Crippen MR) is 86.3 cm³/mol. The molecule has 1 unspecified atom stereocenters. The molecular weight excluding hydrogens is 307 g/mol. The Hall–Kier alpha value is -1.68. The number of benzene rings is 2. The molecule has 0 saturated heterocycles. The largest absolute Gasteiger partial charge is 0.507 e. The maximum atomic E-state index is 10.0. The lowest BCUT2D eigenvalue weighted by Gasteiger charge is -2.12. The number of phenolic OH excluding ortho intramolecular Hbond substituents is 1. The van der Waals surface area contributed by atoms with Gasteiger partial charge in [0.25, 0.3) is 0 Å². The van der Waals surface area contributed by atoms with E-state index in [0.717, 1.165) is 22.4 Å². The molecule has 1 aliphatic rings. The highest BCUT2D eigenvalue weighted by atomic mass is 35.5. The monoisotopic (exact) mass is 320 g/mol. The number of hydrogen-bond donors (Lipinski definition) is 3. The van der Waals surface area contributed by atoms with Crippen molar-refractivity contribution in [2.45, 2.75) is 13.0 Å². The first kappa shape index (κ1) is 14.3. The van der Waals surface area contributed by atoms with Gasteiger partial charge in [-0.1, -0.05) is 40.9 Å². The van der Waals surface area contributed by atoms with Crippen molar-refractivity contribution in [1.29, 1.82) is 0 Å². The van der Waals surface area contributed by atoms with Gasteiger partial charge in [0.2, 0.25) is 0 Å². The number of aromatic hydroxyl groups is 1. The molecule has 5 heteroatoms. The third kappa shape index (κ3) is 2.72. The van der Waals surface area contributed by atoms with Gasteiger partial charge in [-0.3, -0.25) is 0 Å². The zero-order chi connectivity index (χ0) is 15.0. The molecule has 3 nitrogen and oxygen atoms in total. The van der Waals surface area contributed by atoms with E-state index in [-0.39, 0.29) is 11.8 Å². The third-order valence-electron chi connectivity index (χ3n) is 3.45. The maximum Gasteiger partial charge on any atom is 0.124 e. The molecule has 0 bridgehead atoms. The van der Waals surface area contributed by atoms with E-state index >= 15 is 0 Å². The summed E-state index contributed by atoms with van der Waals surface area (Å²) < 4.78 is 0. The van der Waals surface area contributed by atoms with Crippen molar-refractivity contribution in [2.24, 2.45) is 0 Å². The minimum Gasteiger partial charge on any atom is -0.507 e. The van der Waals surface area contributed by atoms with E-state index in [1.807, 2.05) is 31.2 Å². The van der Waals surface area contributed by atoms with Gasteiger partial charge in [0.1, 0.15) is 5.75 Å². The van der Waals surface area contributed by atoms with Crippen LogP contribution in [-0.4, -0.2) is 5.11 Å². The molecule has 108 valence electrons. The predicted octanol–water partition coefficient (Wildman–Crippen LogP) is 4.20. The molecule has 1 atom stereocenters. The molecule has 0 radical (unpaired) electrons. The molecule has 1 heterocycles. The van der Waals surface area contributed by atoms with Crippen molar-refractivity contribution in [3.63, 3.8) is 0 Å². The van der Waals surface area contributed by atoms with Crippen LogP contribution in [0.1, 0.15) is 22.7 Å². The molecule has 21 heavy (non-hydrogen) atoms. The van der Waals surface area contributed by atoms with Crippen LogP contribution in [0.3, 0.4) is 0 Å². The topological polar surface area (TPSA) is 44.3 Å². The van der Waals surface area contributed by atoms with Crippen LogP contribution in [0.2, 0.25) is 10.0 Å². The van der Waals surface area contributed by atoms with E-state index in [0.29, 0.717) is 10.0 Å². The van der Waals surface area contributed by atoms with Crippen molar-refractivity contribution < 1.29 is 5.11 Å². The Balaban J connectivity index is 2.00. The summed E-state index contributed by atoms with van der Waals surface area (Å²) in [5.74, 6) is 0.229. The van der Waals surface area contributed by atoms with E-state index < -0.39 is 0 Å². The smallest absolute Gasteiger partial charge is 0.124 e. The third-order valence-corrected chi connectivity index (χ3v) is 4.11. The maximum absolute atomic E-state index is 10.0. The molecule has 0 spiro atoms. The zero-order valence-electron chi connectivity index (χ0n) is 11.3. The molecule has 2 aromatic carbocycles. The van der Waals surface area contributed by atoms with E-state index in [1.54, 1.807) is 18.2 Å². The average molecular weight is 321 g/mol. The highest BCUT2D eigenvalue weighted by Gasteiger charge is 2.23. The van der Waals surface area contributed by atoms with Gasteiger partial charge in [0.05, 0.1) is 11.7 Å². The summed E-state index contributed by atoms with van der Waals surface area (Å²) in [5.41, 5.74) is 9.64. The van der Waals surface area contributed by atoms with Crippen LogP contribution in [0.25, 0.3) is 5.70 Å². The Morgan fingerprint density at radius 1 is 1.10 bits per heavy atom. The van der Waals surface area contributed by atoms with Gasteiger partial charge in [0.15, 0.2) is 0 Å². The van der Waals surface area contributed by atoms with Gasteiger partial charge in [0, 0.05) is 21.2 Å². The minimum atomic E-state index is -0.152. The van der Waals surface area contributed by atoms with Gasteiger partial charge in [-0.2, -0.15) is 0 Å². The second kappa shape index (κ2) is 5.60. The van der Waals surface area contributed by atoms with Gasteiger partial charge in [-0.05, 0) is 37.3 Å². The SMILES string of the molecule is Cc1ccc(O)c(C2=CC(c3c(Cl)cccc3Cl)NN2)c1. The van der Waals surface area contributed by atoms with Crippen LogP contribution in [-0.2, 0) is 0 Å². The molecule has 0 aliphatic carbocycles. The summed E-state index contributed by atoms with van der Waals surface area (Å²) in [6.07, 6.45) is 1.96. The second-order valence-electron chi connectivity index (χ2n) is 4.98. The van der Waals surface area contributed by atoms with Crippen molar-refractivity contribution in [2.75, 3.05) is 0 Å². The van der Waals surface area contributed by atoms with Gasteiger partial charge < -0.3 is 10.5 Å². The lowest BCUT2D eigenvalue weighted by atomic mass is 10.0. The van der Waals surface area contributed by atoms with Gasteiger partial charge in [-0.25, -0.2) is 5.43 Å². The average Bonchev–Trinajstić information content (AvgIpc) is 2.90. The number of phenols is 1. The zero-order valence-corrected chi connectivity index (χ0v) is 12.8. The Morgan fingerprint density at radius 3 is 2.52 bits per heavy atom. The molecule has 0 saturated carbocycles. The first-order valence-corrected chi connectivity index (χ1v) is 7.29. The molecule has 2 aromatic rings. The second-order valence-corrected chi connectivity index (χ2v) is 5.80. The lowest BCUT2D eigenvalue weighted by Crippen LogP contribution is -2.26. The lowest BCUT2D eigenvalue weighted by molar-refractivity contribution is 0.472. The van der Waals surface area contributed by atoms with Crippen LogP contribution >= 0.6 is 23.2 Å². The van der Waals surface area contributed by atoms with E-state index in [1.165, 1.54) is 0 Å².